The Balaban J connectivity index is 0.000000115. The second kappa shape index (κ2) is 35.4. The van der Waals surface area contributed by atoms with E-state index in [0.717, 1.165) is 128 Å². The van der Waals surface area contributed by atoms with Crippen molar-refractivity contribution in [3.63, 3.8) is 0 Å². The first-order valence-corrected chi connectivity index (χ1v) is 46.7. The number of amides is 4. The number of fused-ring (bicyclic) bond motifs is 17. The van der Waals surface area contributed by atoms with Crippen LogP contribution in [0.15, 0.2) is 229 Å². The molecular weight excluding hydrogens is 1750 g/mol. The van der Waals surface area contributed by atoms with Gasteiger partial charge in [0.05, 0.1) is 77.3 Å². The quantitative estimate of drug-likeness (QED) is 0.122. The molecule has 10 aliphatic heterocycles. The lowest BCUT2D eigenvalue weighted by Crippen LogP contribution is -2.53. The van der Waals surface area contributed by atoms with Gasteiger partial charge in [0.25, 0.3) is 23.6 Å². The molecule has 0 radical (unpaired) electrons. The summed E-state index contributed by atoms with van der Waals surface area (Å²) in [6.45, 7) is 8.74. The summed E-state index contributed by atoms with van der Waals surface area (Å²) in [5, 5.41) is 18.1. The van der Waals surface area contributed by atoms with Crippen molar-refractivity contribution in [1.82, 2.24) is 43.7 Å². The van der Waals surface area contributed by atoms with E-state index in [1.807, 2.05) is 149 Å². The number of nitriles is 1. The van der Waals surface area contributed by atoms with Crippen molar-refractivity contribution >= 4 is 33.5 Å². The Hall–Kier alpha value is -13.6. The van der Waals surface area contributed by atoms with Gasteiger partial charge >= 0.3 is 12.5 Å². The van der Waals surface area contributed by atoms with E-state index in [1.54, 1.807) is 41.2 Å². The molecule has 13 heterocycles. The molecule has 134 heavy (non-hydrogen) atoms. The number of alkyl halides is 6. The lowest BCUT2D eigenvalue weighted by Gasteiger charge is -2.47. The number of hydrogen-bond acceptors (Lipinski definition) is 17. The van der Waals surface area contributed by atoms with E-state index < -0.39 is 55.7 Å². The summed E-state index contributed by atoms with van der Waals surface area (Å²) in [5.74, 6) is 3.65. The lowest BCUT2D eigenvalue weighted by molar-refractivity contribution is -0.274. The van der Waals surface area contributed by atoms with E-state index in [-0.39, 0.29) is 65.5 Å². The second-order valence-electron chi connectivity index (χ2n) is 35.5. The molecule has 0 N–H and O–H groups in total. The number of likely N-dealkylation sites (tertiary alicyclic amines) is 4. The molecule has 11 aromatic rings. The third-order valence-corrected chi connectivity index (χ3v) is 30.2. The zero-order chi connectivity index (χ0) is 93.4. The molecule has 0 bridgehead atoms. The SMILES string of the molecule is CCc1ccc(C(=O)N2CCC3(CC2)Oc2ccccc2C2C(C#N)=CC=C23)cc1OC.Cc1cc(C(=O)N2CCC3(CC2)Oc2ccccc2-c2c3cnn2C)ccc1OC(F)(F)F.Cn1ncc2c1-c1ccccc1OC21CCN(C(=O)c2cccc3c2OCCC3)CC1.O=C(c1ccc(S(=O)(=O)C2CCOC2)cc1)N1CCC2(CC1)Oc1ccccc1-n1c(C(F)(F)F)ccc12. The molecular formula is C103H98F6N10O14S. The molecule has 8 aromatic carbocycles. The van der Waals surface area contributed by atoms with E-state index in [4.69, 9.17) is 33.2 Å². The lowest BCUT2D eigenvalue weighted by atomic mass is 9.72. The number of rotatable bonds is 9. The largest absolute Gasteiger partial charge is 0.573 e. The van der Waals surface area contributed by atoms with Gasteiger partial charge in [0.1, 0.15) is 62.7 Å². The van der Waals surface area contributed by atoms with Crippen LogP contribution < -0.4 is 33.2 Å². The third kappa shape index (κ3) is 16.4. The molecule has 22 rings (SSSR count). The molecule has 0 saturated carbocycles. The van der Waals surface area contributed by atoms with Crippen LogP contribution in [0.4, 0.5) is 26.3 Å². The van der Waals surface area contributed by atoms with E-state index in [1.165, 1.54) is 60.0 Å². The number of carbonyl (C=O) groups is 4. The highest BCUT2D eigenvalue weighted by atomic mass is 32.2. The van der Waals surface area contributed by atoms with Crippen LogP contribution in [0, 0.1) is 18.3 Å². The molecule has 692 valence electrons. The molecule has 1 aliphatic carbocycles. The summed E-state index contributed by atoms with van der Waals surface area (Å²) in [7, 11) is 1.99. The zero-order valence-corrected chi connectivity index (χ0v) is 75.3. The normalized spacial score (nSPS) is 19.1. The van der Waals surface area contributed by atoms with E-state index >= 15 is 0 Å². The highest BCUT2D eigenvalue weighted by Gasteiger charge is 2.54. The average Bonchev–Trinajstić information content (AvgIpc) is 1.70. The Morgan fingerprint density at radius 3 is 1.64 bits per heavy atom. The predicted molar refractivity (Wildman–Crippen MR) is 483 cm³/mol. The van der Waals surface area contributed by atoms with Gasteiger partial charge in [-0.05, 0) is 176 Å². The number of benzene rings is 8. The monoisotopic (exact) mass is 1840 g/mol. The number of carbonyl (C=O) groups excluding carboxylic acids is 4. The van der Waals surface area contributed by atoms with E-state index in [0.29, 0.717) is 137 Å². The molecule has 4 spiro atoms. The minimum absolute atomic E-state index is 0.0183. The maximum atomic E-state index is 13.8. The molecule has 24 nitrogen and oxygen atoms in total. The van der Waals surface area contributed by atoms with Crippen molar-refractivity contribution in [2.75, 3.05) is 79.3 Å². The Kier molecular flexibility index (Phi) is 23.7. The number of aromatic nitrogens is 5. The summed E-state index contributed by atoms with van der Waals surface area (Å²) in [6, 6.07) is 57.0. The number of methoxy groups -OCH3 is 1. The van der Waals surface area contributed by atoms with Crippen LogP contribution in [0.25, 0.3) is 28.2 Å². The summed E-state index contributed by atoms with van der Waals surface area (Å²) in [6.07, 6.45) is 6.38. The molecule has 3 aromatic heterocycles. The first-order chi connectivity index (χ1) is 64.5. The molecule has 4 amide bonds. The number of nitrogens with zero attached hydrogens (tertiary/aromatic N) is 10. The van der Waals surface area contributed by atoms with Gasteiger partial charge in [0, 0.05) is 180 Å². The maximum Gasteiger partial charge on any atom is 0.573 e. The second-order valence-corrected chi connectivity index (χ2v) is 37.8. The summed E-state index contributed by atoms with van der Waals surface area (Å²) < 4.78 is 156. The van der Waals surface area contributed by atoms with Crippen molar-refractivity contribution in [3.8, 4) is 74.5 Å². The van der Waals surface area contributed by atoms with Gasteiger partial charge in [0.15, 0.2) is 15.4 Å². The predicted octanol–water partition coefficient (Wildman–Crippen LogP) is 18.1. The zero-order valence-electron chi connectivity index (χ0n) is 74.5. The maximum absolute atomic E-state index is 13.8. The van der Waals surface area contributed by atoms with Crippen LogP contribution in [0.3, 0.4) is 0 Å². The highest BCUT2D eigenvalue weighted by molar-refractivity contribution is 7.92. The van der Waals surface area contributed by atoms with Gasteiger partial charge in [-0.15, -0.1) is 13.2 Å². The van der Waals surface area contributed by atoms with Gasteiger partial charge in [-0.3, -0.25) is 28.5 Å². The van der Waals surface area contributed by atoms with Crippen LogP contribution >= 0.6 is 0 Å². The molecule has 5 saturated heterocycles. The first-order valence-electron chi connectivity index (χ1n) is 45.2. The average molecular weight is 1850 g/mol. The smallest absolute Gasteiger partial charge is 0.496 e. The number of sulfone groups is 1. The van der Waals surface area contributed by atoms with Crippen LogP contribution in [0.5, 0.6) is 40.2 Å². The van der Waals surface area contributed by atoms with Crippen LogP contribution in [-0.2, 0) is 64.5 Å². The minimum atomic E-state index is -4.78. The fraction of sp³-hybridized carbons (Fsp3) is 0.350. The molecule has 31 heteroatoms. The number of halogens is 6. The van der Waals surface area contributed by atoms with Crippen LogP contribution in [0.1, 0.15) is 163 Å². The first kappa shape index (κ1) is 89.6. The molecule has 2 unspecified atom stereocenters. The Morgan fingerprint density at radius 2 is 1.07 bits per heavy atom. The van der Waals surface area contributed by atoms with Crippen LogP contribution in [-0.4, -0.2) is 172 Å². The van der Waals surface area contributed by atoms with E-state index in [2.05, 4.69) is 46.1 Å². The van der Waals surface area contributed by atoms with Crippen molar-refractivity contribution in [2.24, 2.45) is 14.1 Å². The van der Waals surface area contributed by atoms with Crippen molar-refractivity contribution < 1.29 is 91.8 Å². The van der Waals surface area contributed by atoms with Gasteiger partial charge in [0.2, 0.25) is 0 Å². The fourth-order valence-electron chi connectivity index (χ4n) is 20.9. The van der Waals surface area contributed by atoms with Gasteiger partial charge in [-0.1, -0.05) is 85.8 Å². The van der Waals surface area contributed by atoms with Crippen molar-refractivity contribution in [1.29, 1.82) is 5.26 Å². The Labute approximate surface area is 770 Å². The molecule has 5 fully saturated rings. The van der Waals surface area contributed by atoms with Crippen LogP contribution in [0.2, 0.25) is 0 Å². The fourth-order valence-corrected chi connectivity index (χ4v) is 22.5. The topological polar surface area (TPSA) is 254 Å². The van der Waals surface area contributed by atoms with Gasteiger partial charge < -0.3 is 62.1 Å². The minimum Gasteiger partial charge on any atom is -0.496 e. The number of allylic oxidation sites excluding steroid dienone is 3. The summed E-state index contributed by atoms with van der Waals surface area (Å²) in [4.78, 5) is 60.2. The highest BCUT2D eigenvalue weighted by Crippen LogP contribution is 2.56. The third-order valence-electron chi connectivity index (χ3n) is 28.0. The van der Waals surface area contributed by atoms with Crippen molar-refractivity contribution in [2.45, 2.75) is 142 Å². The number of hydrogen-bond donors (Lipinski definition) is 0. The summed E-state index contributed by atoms with van der Waals surface area (Å²) in [5.41, 5.74) is 11.3. The number of piperidine rings is 4. The number of para-hydroxylation sites is 6. The summed E-state index contributed by atoms with van der Waals surface area (Å²) >= 11 is 0. The standard InChI is InChI=1S/C27H25F3N2O5S.C27H26N2O3.C25H25N3O3.C24H22F3N3O3/c28-27(29,30)24-10-9-23-26(37-22-4-2-1-3-21(22)32(23)24)12-14-31(15-13-26)25(33)18-5-7-19(8-6-18)38(34,35)20-11-16-36-17-20;1-3-18-8-9-19(16-24(18)31-2)26(30)29-14-12-27(13-15-29)22-11-10-20(17-28)25(22)21-6-4-5-7-23(21)32-27;1-27-22-18-8-2-3-10-21(18)31-25(20(22)16-26-27)11-13-28(14-12-25)24(29)19-9-4-6-17-7-5-15-30-23(17)19;1-15-13-16(7-8-19(15)33-24(25,26)27)22(31)30-11-9-23(10-12-30)18-14-28-29(2)21(18)17-5-3-4-6-20(17)32-23/h1-10,20H,11-17H2;4-11,16,25H,3,12-15H2,1-2H3;2-4,6,8-10,16H,5,7,11-15H2,1H3;3-8,13-14H,9-12H2,1-2H3. The van der Waals surface area contributed by atoms with Crippen molar-refractivity contribution in [3.05, 3.63) is 291 Å². The Morgan fingerprint density at radius 1 is 0.552 bits per heavy atom. The van der Waals surface area contributed by atoms with Gasteiger partial charge in [-0.25, -0.2) is 8.42 Å². The number of ether oxygens (including phenoxy) is 8. The van der Waals surface area contributed by atoms with Gasteiger partial charge in [-0.2, -0.15) is 28.6 Å². The molecule has 2 atom stereocenters. The molecule has 11 aliphatic rings. The van der Waals surface area contributed by atoms with E-state index in [9.17, 15) is 59.2 Å². The Bertz CT molecular complexity index is 6650. The number of aryl methyl sites for hydroxylation is 5.